The van der Waals surface area contributed by atoms with Crippen molar-refractivity contribution in [1.29, 1.82) is 0 Å². The number of nitrogens with zero attached hydrogens (tertiary/aromatic N) is 2. The molecule has 0 aromatic carbocycles. The van der Waals surface area contributed by atoms with Gasteiger partial charge in [0.2, 0.25) is 0 Å². The molecule has 1 unspecified atom stereocenters. The summed E-state index contributed by atoms with van der Waals surface area (Å²) in [6.07, 6.45) is 2.77. The number of carbonyl (C=O) groups is 1. The molecule has 0 spiro atoms. The van der Waals surface area contributed by atoms with E-state index in [0.29, 0.717) is 18.2 Å². The summed E-state index contributed by atoms with van der Waals surface area (Å²) < 4.78 is 5.37. The van der Waals surface area contributed by atoms with Crippen LogP contribution in [0.15, 0.2) is 11.8 Å². The van der Waals surface area contributed by atoms with E-state index in [-0.39, 0.29) is 5.97 Å². The van der Waals surface area contributed by atoms with Crippen LogP contribution < -0.4 is 0 Å². The van der Waals surface area contributed by atoms with Gasteiger partial charge in [0.25, 0.3) is 0 Å². The number of carbonyl (C=O) groups excluding carboxylic acids is 1. The minimum absolute atomic E-state index is 0.227. The monoisotopic (exact) mass is 256 g/mol. The summed E-state index contributed by atoms with van der Waals surface area (Å²) in [5.41, 5.74) is 0.634. The Labute approximate surface area is 112 Å². The standard InChI is InChI=1S/C14H28N2O2/c1-7-13(16(8-2)9-3)11-18-14(17)12(4)10-15(5)6/h10,13H,7-9,11H2,1-6H3. The zero-order valence-corrected chi connectivity index (χ0v) is 12.7. The summed E-state index contributed by atoms with van der Waals surface area (Å²) in [7, 11) is 3.78. The molecule has 0 rings (SSSR count). The van der Waals surface area contributed by atoms with Crippen molar-refractivity contribution in [3.05, 3.63) is 11.8 Å². The fourth-order valence-electron chi connectivity index (χ4n) is 1.95. The second-order valence-corrected chi connectivity index (χ2v) is 4.66. The first-order valence-electron chi connectivity index (χ1n) is 6.72. The van der Waals surface area contributed by atoms with Gasteiger partial charge in [0.1, 0.15) is 6.61 Å². The first-order chi connectivity index (χ1) is 8.46. The van der Waals surface area contributed by atoms with Crippen molar-refractivity contribution in [1.82, 2.24) is 9.80 Å². The molecule has 0 N–H and O–H groups in total. The summed E-state index contributed by atoms with van der Waals surface area (Å²) in [6.45, 7) is 10.6. The maximum atomic E-state index is 11.8. The molecule has 0 aromatic rings. The number of likely N-dealkylation sites (N-methyl/N-ethyl adjacent to an activating group) is 1. The number of hydrogen-bond acceptors (Lipinski definition) is 4. The highest BCUT2D eigenvalue weighted by Gasteiger charge is 2.16. The quantitative estimate of drug-likeness (QED) is 0.492. The van der Waals surface area contributed by atoms with Crippen molar-refractivity contribution in [3.8, 4) is 0 Å². The number of rotatable bonds is 8. The molecule has 0 aromatic heterocycles. The van der Waals surface area contributed by atoms with Gasteiger partial charge in [-0.2, -0.15) is 0 Å². The van der Waals surface area contributed by atoms with Gasteiger partial charge in [0.15, 0.2) is 0 Å². The molecule has 0 aliphatic rings. The van der Waals surface area contributed by atoms with E-state index in [9.17, 15) is 4.79 Å². The second kappa shape index (κ2) is 8.97. The number of hydrogen-bond donors (Lipinski definition) is 0. The van der Waals surface area contributed by atoms with Crippen LogP contribution in [-0.4, -0.2) is 55.6 Å². The Morgan fingerprint density at radius 3 is 2.17 bits per heavy atom. The first kappa shape index (κ1) is 17.0. The Morgan fingerprint density at radius 2 is 1.78 bits per heavy atom. The van der Waals surface area contributed by atoms with Crippen LogP contribution in [0, 0.1) is 0 Å². The normalized spacial score (nSPS) is 13.6. The first-order valence-corrected chi connectivity index (χ1v) is 6.72. The van der Waals surface area contributed by atoms with Crippen LogP contribution in [0.4, 0.5) is 0 Å². The second-order valence-electron chi connectivity index (χ2n) is 4.66. The van der Waals surface area contributed by atoms with Crippen molar-refractivity contribution >= 4 is 5.97 Å². The van der Waals surface area contributed by atoms with Crippen molar-refractivity contribution in [2.24, 2.45) is 0 Å². The van der Waals surface area contributed by atoms with Gasteiger partial charge in [-0.25, -0.2) is 4.79 Å². The third-order valence-electron chi connectivity index (χ3n) is 2.98. The summed E-state index contributed by atoms with van der Waals surface area (Å²) in [4.78, 5) is 15.9. The minimum Gasteiger partial charge on any atom is -0.461 e. The van der Waals surface area contributed by atoms with Gasteiger partial charge in [0.05, 0.1) is 0 Å². The van der Waals surface area contributed by atoms with Crippen LogP contribution in [0.3, 0.4) is 0 Å². The molecule has 0 bridgehead atoms. The van der Waals surface area contributed by atoms with Gasteiger partial charge in [0, 0.05) is 31.9 Å². The Bertz CT molecular complexity index is 271. The van der Waals surface area contributed by atoms with Gasteiger partial charge in [-0.05, 0) is 26.4 Å². The van der Waals surface area contributed by atoms with E-state index in [1.807, 2.05) is 19.0 Å². The average molecular weight is 256 g/mol. The molecule has 106 valence electrons. The van der Waals surface area contributed by atoms with Crippen LogP contribution in [0.25, 0.3) is 0 Å². The van der Waals surface area contributed by atoms with Crippen LogP contribution >= 0.6 is 0 Å². The molecule has 0 saturated carbocycles. The fraction of sp³-hybridized carbons (Fsp3) is 0.786. The van der Waals surface area contributed by atoms with Gasteiger partial charge in [-0.3, -0.25) is 4.90 Å². The lowest BCUT2D eigenvalue weighted by atomic mass is 10.2. The lowest BCUT2D eigenvalue weighted by molar-refractivity contribution is -0.140. The Hall–Kier alpha value is -1.03. The van der Waals surface area contributed by atoms with Gasteiger partial charge < -0.3 is 9.64 Å². The van der Waals surface area contributed by atoms with E-state index in [1.165, 1.54) is 0 Å². The van der Waals surface area contributed by atoms with Crippen LogP contribution in [0.2, 0.25) is 0 Å². The zero-order chi connectivity index (χ0) is 14.1. The van der Waals surface area contributed by atoms with Gasteiger partial charge >= 0.3 is 5.97 Å². The molecule has 4 nitrogen and oxygen atoms in total. The molecule has 0 fully saturated rings. The topological polar surface area (TPSA) is 32.8 Å². The van der Waals surface area contributed by atoms with E-state index < -0.39 is 0 Å². The predicted octanol–water partition coefficient (Wildman–Crippen LogP) is 2.12. The molecule has 0 radical (unpaired) electrons. The Kier molecular flexibility index (Phi) is 8.46. The molecular formula is C14H28N2O2. The fourth-order valence-corrected chi connectivity index (χ4v) is 1.95. The van der Waals surface area contributed by atoms with Crippen molar-refractivity contribution in [2.75, 3.05) is 33.8 Å². The van der Waals surface area contributed by atoms with Crippen molar-refractivity contribution < 1.29 is 9.53 Å². The van der Waals surface area contributed by atoms with Crippen molar-refractivity contribution in [3.63, 3.8) is 0 Å². The van der Waals surface area contributed by atoms with E-state index in [2.05, 4.69) is 25.7 Å². The van der Waals surface area contributed by atoms with Crippen LogP contribution in [0.5, 0.6) is 0 Å². The molecule has 0 saturated heterocycles. The van der Waals surface area contributed by atoms with Gasteiger partial charge in [-0.15, -0.1) is 0 Å². The maximum Gasteiger partial charge on any atom is 0.335 e. The van der Waals surface area contributed by atoms with Crippen LogP contribution in [0.1, 0.15) is 34.1 Å². The Morgan fingerprint density at radius 1 is 1.22 bits per heavy atom. The molecular weight excluding hydrogens is 228 g/mol. The highest BCUT2D eigenvalue weighted by Crippen LogP contribution is 2.06. The van der Waals surface area contributed by atoms with Crippen LogP contribution in [-0.2, 0) is 9.53 Å². The van der Waals surface area contributed by atoms with Gasteiger partial charge in [-0.1, -0.05) is 20.8 Å². The highest BCUT2D eigenvalue weighted by molar-refractivity contribution is 5.87. The largest absolute Gasteiger partial charge is 0.461 e. The summed E-state index contributed by atoms with van der Waals surface area (Å²) >= 11 is 0. The maximum absolute atomic E-state index is 11.8. The van der Waals surface area contributed by atoms with E-state index >= 15 is 0 Å². The smallest absolute Gasteiger partial charge is 0.335 e. The number of ether oxygens (including phenoxy) is 1. The SMILES string of the molecule is CCC(COC(=O)C(C)=CN(C)C)N(CC)CC. The molecule has 18 heavy (non-hydrogen) atoms. The third-order valence-corrected chi connectivity index (χ3v) is 2.98. The molecule has 0 heterocycles. The molecule has 0 aliphatic heterocycles. The zero-order valence-electron chi connectivity index (χ0n) is 12.7. The molecule has 0 amide bonds. The molecule has 1 atom stereocenters. The average Bonchev–Trinajstić information content (AvgIpc) is 2.33. The summed E-state index contributed by atoms with van der Waals surface area (Å²) in [6, 6.07) is 0.316. The Balaban J connectivity index is 4.33. The summed E-state index contributed by atoms with van der Waals surface area (Å²) in [5, 5.41) is 0. The molecule has 0 aliphatic carbocycles. The van der Waals surface area contributed by atoms with E-state index in [1.54, 1.807) is 13.1 Å². The summed E-state index contributed by atoms with van der Waals surface area (Å²) in [5.74, 6) is -0.227. The third kappa shape index (κ3) is 6.05. The highest BCUT2D eigenvalue weighted by atomic mass is 16.5. The van der Waals surface area contributed by atoms with Crippen molar-refractivity contribution in [2.45, 2.75) is 40.2 Å². The lowest BCUT2D eigenvalue weighted by Crippen LogP contribution is -2.38. The predicted molar refractivity (Wildman–Crippen MR) is 75.4 cm³/mol. The molecule has 4 heteroatoms. The number of esters is 1. The lowest BCUT2D eigenvalue weighted by Gasteiger charge is -2.28. The van der Waals surface area contributed by atoms with E-state index in [4.69, 9.17) is 4.74 Å². The minimum atomic E-state index is -0.227. The van der Waals surface area contributed by atoms with E-state index in [0.717, 1.165) is 19.5 Å².